The molecule has 2 atom stereocenters. The van der Waals surface area contributed by atoms with Crippen molar-refractivity contribution in [2.75, 3.05) is 13.7 Å². The van der Waals surface area contributed by atoms with E-state index in [1.807, 2.05) is 6.92 Å². The molecule has 0 saturated heterocycles. The average Bonchev–Trinajstić information content (AvgIpc) is 2.33. The Kier molecular flexibility index (Phi) is 5.99. The summed E-state index contributed by atoms with van der Waals surface area (Å²) in [5, 5.41) is 2.91. The van der Waals surface area contributed by atoms with E-state index in [0.29, 0.717) is 0 Å². The summed E-state index contributed by atoms with van der Waals surface area (Å²) in [5.41, 5.74) is 9.43. The third kappa shape index (κ3) is 5.01. The van der Waals surface area contributed by atoms with Crippen LogP contribution in [0.3, 0.4) is 0 Å². The van der Waals surface area contributed by atoms with E-state index >= 15 is 0 Å². The summed E-state index contributed by atoms with van der Waals surface area (Å²) in [6.07, 6.45) is 0.803. The first-order valence-corrected chi connectivity index (χ1v) is 6.55. The van der Waals surface area contributed by atoms with Crippen molar-refractivity contribution in [1.29, 1.82) is 0 Å². The van der Waals surface area contributed by atoms with Crippen molar-refractivity contribution in [3.63, 3.8) is 0 Å². The summed E-state index contributed by atoms with van der Waals surface area (Å²) in [5.74, 6) is -0.167. The number of rotatable bonds is 6. The van der Waals surface area contributed by atoms with Gasteiger partial charge in [0, 0.05) is 13.2 Å². The first-order valence-electron chi connectivity index (χ1n) is 6.55. The number of hydrogen-bond donors (Lipinski definition) is 2. The normalized spacial score (nSPS) is 13.9. The molecule has 0 aliphatic carbocycles. The minimum absolute atomic E-state index is 0.0526. The van der Waals surface area contributed by atoms with Gasteiger partial charge < -0.3 is 15.8 Å². The Morgan fingerprint density at radius 3 is 2.68 bits per heavy atom. The summed E-state index contributed by atoms with van der Waals surface area (Å²) in [6, 6.07) is 5.81. The molecule has 1 amide bonds. The van der Waals surface area contributed by atoms with Gasteiger partial charge >= 0.3 is 0 Å². The maximum Gasteiger partial charge on any atom is 0.239 e. The summed E-state index contributed by atoms with van der Waals surface area (Å²) in [7, 11) is 1.53. The molecule has 0 spiro atoms. The number of benzene rings is 1. The molecule has 106 valence electrons. The highest BCUT2D eigenvalue weighted by Crippen LogP contribution is 2.12. The Bertz CT molecular complexity index is 432. The summed E-state index contributed by atoms with van der Waals surface area (Å²) >= 11 is 0. The van der Waals surface area contributed by atoms with Gasteiger partial charge in [0.2, 0.25) is 5.91 Å². The van der Waals surface area contributed by atoms with Gasteiger partial charge in [0.25, 0.3) is 0 Å². The summed E-state index contributed by atoms with van der Waals surface area (Å²) in [6.45, 7) is 6.39. The molecule has 1 rings (SSSR count). The fourth-order valence-corrected chi connectivity index (χ4v) is 2.06. The van der Waals surface area contributed by atoms with Crippen molar-refractivity contribution in [2.45, 2.75) is 39.3 Å². The smallest absolute Gasteiger partial charge is 0.239 e. The number of carbonyl (C=O) groups is 1. The fourth-order valence-electron chi connectivity index (χ4n) is 2.06. The fraction of sp³-hybridized carbons (Fsp3) is 0.533. The van der Waals surface area contributed by atoms with Crippen molar-refractivity contribution < 1.29 is 9.53 Å². The molecule has 0 aliphatic rings. The van der Waals surface area contributed by atoms with Crippen molar-refractivity contribution in [3.05, 3.63) is 34.9 Å². The van der Waals surface area contributed by atoms with Crippen molar-refractivity contribution in [1.82, 2.24) is 5.32 Å². The van der Waals surface area contributed by atoms with Crippen molar-refractivity contribution in [3.8, 4) is 0 Å². The van der Waals surface area contributed by atoms with E-state index in [0.717, 1.165) is 6.42 Å². The minimum Gasteiger partial charge on any atom is -0.383 e. The van der Waals surface area contributed by atoms with Gasteiger partial charge in [0.15, 0.2) is 0 Å². The molecule has 0 heterocycles. The van der Waals surface area contributed by atoms with Crippen LogP contribution in [0.2, 0.25) is 0 Å². The first-order chi connectivity index (χ1) is 8.93. The number of carbonyl (C=O) groups excluding carboxylic acids is 1. The van der Waals surface area contributed by atoms with Crippen LogP contribution >= 0.6 is 0 Å². The second-order valence-electron chi connectivity index (χ2n) is 5.11. The Morgan fingerprint density at radius 1 is 1.42 bits per heavy atom. The quantitative estimate of drug-likeness (QED) is 0.814. The number of methoxy groups -OCH3 is 1. The lowest BCUT2D eigenvalue weighted by Crippen LogP contribution is -2.47. The molecule has 3 N–H and O–H groups in total. The van der Waals surface area contributed by atoms with Crippen LogP contribution in [-0.2, 0) is 16.0 Å². The van der Waals surface area contributed by atoms with E-state index in [2.05, 4.69) is 37.4 Å². The molecule has 19 heavy (non-hydrogen) atoms. The van der Waals surface area contributed by atoms with Crippen molar-refractivity contribution in [2.24, 2.45) is 5.73 Å². The van der Waals surface area contributed by atoms with E-state index in [9.17, 15) is 4.79 Å². The SMILES string of the molecule is COCC(N)C(=O)NC(C)Cc1ccc(C)cc1C. The van der Waals surface area contributed by atoms with Crippen molar-refractivity contribution >= 4 is 5.91 Å². The number of nitrogens with two attached hydrogens (primary N) is 1. The molecular formula is C15H24N2O2. The van der Waals surface area contributed by atoms with E-state index < -0.39 is 6.04 Å². The molecule has 0 aromatic heterocycles. The zero-order chi connectivity index (χ0) is 14.4. The highest BCUT2D eigenvalue weighted by Gasteiger charge is 2.16. The molecule has 1 aromatic carbocycles. The zero-order valence-electron chi connectivity index (χ0n) is 12.2. The maximum absolute atomic E-state index is 11.8. The number of amides is 1. The summed E-state index contributed by atoms with van der Waals surface area (Å²) in [4.78, 5) is 11.8. The predicted molar refractivity (Wildman–Crippen MR) is 77.1 cm³/mol. The van der Waals surface area contributed by atoms with Crippen LogP contribution in [0.5, 0.6) is 0 Å². The molecule has 0 bridgehead atoms. The van der Waals surface area contributed by atoms with Crippen LogP contribution in [-0.4, -0.2) is 31.7 Å². The Morgan fingerprint density at radius 2 is 2.11 bits per heavy atom. The molecule has 0 aliphatic heterocycles. The zero-order valence-corrected chi connectivity index (χ0v) is 12.2. The lowest BCUT2D eigenvalue weighted by Gasteiger charge is -2.18. The Hall–Kier alpha value is -1.39. The van der Waals surface area contributed by atoms with Crippen LogP contribution in [0.1, 0.15) is 23.6 Å². The first kappa shape index (κ1) is 15.7. The molecular weight excluding hydrogens is 240 g/mol. The average molecular weight is 264 g/mol. The van der Waals surface area contributed by atoms with E-state index in [1.54, 1.807) is 0 Å². The lowest BCUT2D eigenvalue weighted by atomic mass is 10.00. The number of nitrogens with one attached hydrogen (secondary N) is 1. The summed E-state index contributed by atoms with van der Waals surface area (Å²) < 4.78 is 4.87. The molecule has 0 saturated carbocycles. The molecule has 4 nitrogen and oxygen atoms in total. The predicted octanol–water partition coefficient (Wildman–Crippen LogP) is 1.32. The van der Waals surface area contributed by atoms with E-state index in [4.69, 9.17) is 10.5 Å². The second-order valence-corrected chi connectivity index (χ2v) is 5.11. The molecule has 2 unspecified atom stereocenters. The third-order valence-corrected chi connectivity index (χ3v) is 3.10. The van der Waals surface area contributed by atoms with Gasteiger partial charge in [0.05, 0.1) is 6.61 Å². The largest absolute Gasteiger partial charge is 0.383 e. The Balaban J connectivity index is 2.55. The highest BCUT2D eigenvalue weighted by molar-refractivity contribution is 5.81. The second kappa shape index (κ2) is 7.26. The van der Waals surface area contributed by atoms with Gasteiger partial charge in [-0.2, -0.15) is 0 Å². The molecule has 0 fully saturated rings. The molecule has 4 heteroatoms. The number of hydrogen-bond acceptors (Lipinski definition) is 3. The molecule has 0 radical (unpaired) electrons. The van der Waals surface area contributed by atoms with Crippen LogP contribution in [0, 0.1) is 13.8 Å². The minimum atomic E-state index is -0.605. The highest BCUT2D eigenvalue weighted by atomic mass is 16.5. The van der Waals surface area contributed by atoms with Crippen LogP contribution < -0.4 is 11.1 Å². The van der Waals surface area contributed by atoms with Gasteiger partial charge in [0.1, 0.15) is 6.04 Å². The van der Waals surface area contributed by atoms with Gasteiger partial charge in [-0.15, -0.1) is 0 Å². The maximum atomic E-state index is 11.8. The monoisotopic (exact) mass is 264 g/mol. The van der Waals surface area contributed by atoms with E-state index in [1.165, 1.54) is 23.8 Å². The van der Waals surface area contributed by atoms with Gasteiger partial charge in [-0.25, -0.2) is 0 Å². The molecule has 1 aromatic rings. The lowest BCUT2D eigenvalue weighted by molar-refractivity contribution is -0.124. The van der Waals surface area contributed by atoms with Gasteiger partial charge in [-0.3, -0.25) is 4.79 Å². The van der Waals surface area contributed by atoms with Gasteiger partial charge in [-0.05, 0) is 38.3 Å². The third-order valence-electron chi connectivity index (χ3n) is 3.10. The number of ether oxygens (including phenoxy) is 1. The van der Waals surface area contributed by atoms with Crippen LogP contribution in [0.25, 0.3) is 0 Å². The topological polar surface area (TPSA) is 64.3 Å². The Labute approximate surface area is 115 Å². The van der Waals surface area contributed by atoms with Gasteiger partial charge in [-0.1, -0.05) is 23.8 Å². The number of aryl methyl sites for hydroxylation is 2. The van der Waals surface area contributed by atoms with Crippen LogP contribution in [0.15, 0.2) is 18.2 Å². The standard InChI is InChI=1S/C15H24N2O2/c1-10-5-6-13(11(2)7-10)8-12(3)17-15(18)14(16)9-19-4/h5-7,12,14H,8-9,16H2,1-4H3,(H,17,18). The van der Waals surface area contributed by atoms with E-state index in [-0.39, 0.29) is 18.6 Å². The van der Waals surface area contributed by atoms with Crippen LogP contribution in [0.4, 0.5) is 0 Å².